The highest BCUT2D eigenvalue weighted by Gasteiger charge is 2.05. The molecule has 66 valence electrons. The van der Waals surface area contributed by atoms with E-state index in [1.807, 2.05) is 14.0 Å². The third kappa shape index (κ3) is 1.81. The molecule has 1 heterocycles. The minimum absolute atomic E-state index is 0.187. The second-order valence-electron chi connectivity index (χ2n) is 2.50. The van der Waals surface area contributed by atoms with Gasteiger partial charge in [-0.05, 0) is 6.92 Å². The van der Waals surface area contributed by atoms with E-state index in [1.165, 1.54) is 6.92 Å². The van der Waals surface area contributed by atoms with Crippen LogP contribution in [0.4, 0.5) is 0 Å². The van der Waals surface area contributed by atoms with E-state index in [4.69, 9.17) is 4.74 Å². The minimum Gasteiger partial charge on any atom is -0.458 e. The molecular weight excluding hydrogens is 158 g/mol. The molecule has 1 aromatic heterocycles. The van der Waals surface area contributed by atoms with Gasteiger partial charge >= 0.3 is 5.97 Å². The number of aromatic nitrogens is 3. The number of rotatable bonds is 2. The first-order valence-electron chi connectivity index (χ1n) is 3.59. The third-order valence-electron chi connectivity index (χ3n) is 1.59. The summed E-state index contributed by atoms with van der Waals surface area (Å²) in [5.41, 5.74) is 0. The Labute approximate surface area is 70.4 Å². The molecular formula is C7H11N3O2. The maximum atomic E-state index is 10.5. The monoisotopic (exact) mass is 169 g/mol. The molecule has 5 heteroatoms. The van der Waals surface area contributed by atoms with Crippen molar-refractivity contribution < 1.29 is 9.53 Å². The average Bonchev–Trinajstić information content (AvgIpc) is 2.30. The molecule has 0 aliphatic heterocycles. The number of carbonyl (C=O) groups is 1. The van der Waals surface area contributed by atoms with Gasteiger partial charge in [0.15, 0.2) is 12.4 Å². The molecule has 0 bridgehead atoms. The zero-order valence-electron chi connectivity index (χ0n) is 7.37. The lowest BCUT2D eigenvalue weighted by Gasteiger charge is -2.00. The number of hydrogen-bond acceptors (Lipinski definition) is 4. The molecule has 0 aliphatic rings. The Balaban J connectivity index is 2.63. The minimum atomic E-state index is -0.310. The van der Waals surface area contributed by atoms with Crippen molar-refractivity contribution in [3.63, 3.8) is 0 Å². The van der Waals surface area contributed by atoms with Crippen molar-refractivity contribution >= 4 is 5.97 Å². The lowest BCUT2D eigenvalue weighted by molar-refractivity contribution is -0.142. The summed E-state index contributed by atoms with van der Waals surface area (Å²) < 4.78 is 6.54. The van der Waals surface area contributed by atoms with Gasteiger partial charge in [-0.15, -0.1) is 10.2 Å². The van der Waals surface area contributed by atoms with E-state index < -0.39 is 0 Å². The molecule has 0 aromatic carbocycles. The van der Waals surface area contributed by atoms with Gasteiger partial charge in [-0.2, -0.15) is 0 Å². The molecule has 1 aromatic rings. The Morgan fingerprint density at radius 2 is 2.25 bits per heavy atom. The highest BCUT2D eigenvalue weighted by Crippen LogP contribution is 1.98. The first-order valence-corrected chi connectivity index (χ1v) is 3.59. The summed E-state index contributed by atoms with van der Waals surface area (Å²) in [5, 5.41) is 7.64. The Bertz CT molecular complexity index is 293. The fourth-order valence-electron chi connectivity index (χ4n) is 0.743. The summed E-state index contributed by atoms with van der Waals surface area (Å²) in [5.74, 6) is 1.15. The second kappa shape index (κ2) is 3.34. The molecule has 0 N–H and O–H groups in total. The first kappa shape index (κ1) is 8.70. The maximum Gasteiger partial charge on any atom is 0.303 e. The number of nitrogens with zero attached hydrogens (tertiary/aromatic N) is 3. The summed E-state index contributed by atoms with van der Waals surface area (Å²) in [6, 6.07) is 0. The maximum absolute atomic E-state index is 10.5. The summed E-state index contributed by atoms with van der Waals surface area (Å²) in [6.07, 6.45) is 0. The summed E-state index contributed by atoms with van der Waals surface area (Å²) in [6.45, 7) is 3.39. The van der Waals surface area contributed by atoms with Gasteiger partial charge in [-0.1, -0.05) is 0 Å². The molecule has 0 saturated heterocycles. The zero-order valence-corrected chi connectivity index (χ0v) is 7.37. The van der Waals surface area contributed by atoms with Gasteiger partial charge in [-0.25, -0.2) is 0 Å². The van der Waals surface area contributed by atoms with Gasteiger partial charge in [0.25, 0.3) is 0 Å². The fourth-order valence-corrected chi connectivity index (χ4v) is 0.743. The zero-order chi connectivity index (χ0) is 9.14. The van der Waals surface area contributed by atoms with Crippen LogP contribution in [0.3, 0.4) is 0 Å². The molecule has 0 saturated carbocycles. The van der Waals surface area contributed by atoms with Crippen LogP contribution in [-0.2, 0) is 23.2 Å². The quantitative estimate of drug-likeness (QED) is 0.593. The van der Waals surface area contributed by atoms with Crippen molar-refractivity contribution in [3.8, 4) is 0 Å². The summed E-state index contributed by atoms with van der Waals surface area (Å²) >= 11 is 0. The van der Waals surface area contributed by atoms with E-state index in [-0.39, 0.29) is 12.6 Å². The molecule has 0 aliphatic carbocycles. The Hall–Kier alpha value is -1.39. The lowest BCUT2D eigenvalue weighted by Crippen LogP contribution is -2.05. The van der Waals surface area contributed by atoms with Crippen LogP contribution in [0.2, 0.25) is 0 Å². The van der Waals surface area contributed by atoms with E-state index in [2.05, 4.69) is 10.2 Å². The summed E-state index contributed by atoms with van der Waals surface area (Å²) in [4.78, 5) is 10.5. The van der Waals surface area contributed by atoms with Crippen LogP contribution in [-0.4, -0.2) is 20.7 Å². The van der Waals surface area contributed by atoms with Gasteiger partial charge in [0.1, 0.15) is 5.82 Å². The van der Waals surface area contributed by atoms with E-state index in [9.17, 15) is 4.79 Å². The normalized spacial score (nSPS) is 9.92. The molecule has 0 amide bonds. The lowest BCUT2D eigenvalue weighted by atomic mass is 10.6. The number of esters is 1. The number of aryl methyl sites for hydroxylation is 1. The highest BCUT2D eigenvalue weighted by atomic mass is 16.5. The number of ether oxygens (including phenoxy) is 1. The Morgan fingerprint density at radius 1 is 1.58 bits per heavy atom. The van der Waals surface area contributed by atoms with Gasteiger partial charge in [-0.3, -0.25) is 4.79 Å². The van der Waals surface area contributed by atoms with Crippen LogP contribution in [0.25, 0.3) is 0 Å². The van der Waals surface area contributed by atoms with Gasteiger partial charge < -0.3 is 9.30 Å². The van der Waals surface area contributed by atoms with Crippen LogP contribution in [0.1, 0.15) is 18.6 Å². The molecule has 0 fully saturated rings. The van der Waals surface area contributed by atoms with Crippen molar-refractivity contribution in [1.29, 1.82) is 0 Å². The molecule has 0 radical (unpaired) electrons. The van der Waals surface area contributed by atoms with Crippen molar-refractivity contribution in [3.05, 3.63) is 11.6 Å². The molecule has 5 nitrogen and oxygen atoms in total. The largest absolute Gasteiger partial charge is 0.458 e. The molecule has 0 unspecified atom stereocenters. The highest BCUT2D eigenvalue weighted by molar-refractivity contribution is 5.65. The van der Waals surface area contributed by atoms with Crippen molar-refractivity contribution in [1.82, 2.24) is 14.8 Å². The molecule has 12 heavy (non-hydrogen) atoms. The Kier molecular flexibility index (Phi) is 2.42. The second-order valence-corrected chi connectivity index (χ2v) is 2.50. The van der Waals surface area contributed by atoms with E-state index in [0.29, 0.717) is 5.82 Å². The standard InChI is InChI=1S/C7H11N3O2/c1-5-8-9-7(10(5)3)4-12-6(2)11/h4H2,1-3H3. The SMILES string of the molecule is CC(=O)OCc1nnc(C)n1C. The van der Waals surface area contributed by atoms with Crippen molar-refractivity contribution in [2.24, 2.45) is 7.05 Å². The van der Waals surface area contributed by atoms with E-state index in [0.717, 1.165) is 5.82 Å². The number of carbonyl (C=O) groups excluding carboxylic acids is 1. The topological polar surface area (TPSA) is 57.0 Å². The van der Waals surface area contributed by atoms with Gasteiger partial charge in [0.2, 0.25) is 0 Å². The smallest absolute Gasteiger partial charge is 0.303 e. The molecule has 0 spiro atoms. The Morgan fingerprint density at radius 3 is 2.67 bits per heavy atom. The van der Waals surface area contributed by atoms with Crippen LogP contribution < -0.4 is 0 Å². The van der Waals surface area contributed by atoms with Crippen LogP contribution >= 0.6 is 0 Å². The third-order valence-corrected chi connectivity index (χ3v) is 1.59. The predicted octanol–water partition coefficient (Wildman–Crippen LogP) is 0.187. The fraction of sp³-hybridized carbons (Fsp3) is 0.571. The summed E-state index contributed by atoms with van der Waals surface area (Å²) in [7, 11) is 1.83. The van der Waals surface area contributed by atoms with Crippen molar-refractivity contribution in [2.75, 3.05) is 0 Å². The van der Waals surface area contributed by atoms with Crippen LogP contribution in [0.5, 0.6) is 0 Å². The molecule has 1 rings (SSSR count). The van der Waals surface area contributed by atoms with Gasteiger partial charge in [0.05, 0.1) is 0 Å². The van der Waals surface area contributed by atoms with E-state index >= 15 is 0 Å². The first-order chi connectivity index (χ1) is 5.61. The van der Waals surface area contributed by atoms with Crippen LogP contribution in [0, 0.1) is 6.92 Å². The number of hydrogen-bond donors (Lipinski definition) is 0. The van der Waals surface area contributed by atoms with Gasteiger partial charge in [0, 0.05) is 14.0 Å². The van der Waals surface area contributed by atoms with Crippen LogP contribution in [0.15, 0.2) is 0 Å². The predicted molar refractivity (Wildman–Crippen MR) is 41.2 cm³/mol. The van der Waals surface area contributed by atoms with E-state index in [1.54, 1.807) is 4.57 Å². The molecule has 0 atom stereocenters. The average molecular weight is 169 g/mol. The van der Waals surface area contributed by atoms with Crippen molar-refractivity contribution in [2.45, 2.75) is 20.5 Å².